The Bertz CT molecular complexity index is 447. The Hall–Kier alpha value is -1.51. The van der Waals surface area contributed by atoms with E-state index in [1.807, 2.05) is 26.8 Å². The molecule has 1 aromatic carbocycles. The molecule has 0 aliphatic carbocycles. The molecule has 1 N–H and O–H groups in total. The van der Waals surface area contributed by atoms with Gasteiger partial charge in [-0.3, -0.25) is 4.79 Å². The minimum absolute atomic E-state index is 0.421. The molecule has 18 heavy (non-hydrogen) atoms. The normalized spacial score (nSPS) is 11.4. The molecule has 0 atom stereocenters. The van der Waals surface area contributed by atoms with Crippen molar-refractivity contribution in [2.24, 2.45) is 5.41 Å². The smallest absolute Gasteiger partial charge is 0.309 e. The SMILES string of the molecule is Cc1ccc(C)c(OCCC(C)(C)C(=O)O)c1C. The van der Waals surface area contributed by atoms with Crippen LogP contribution in [0.3, 0.4) is 0 Å². The molecule has 3 heteroatoms. The fourth-order valence-corrected chi connectivity index (χ4v) is 1.66. The molecule has 0 heterocycles. The second-order valence-electron chi connectivity index (χ2n) is 5.44. The maximum Gasteiger partial charge on any atom is 0.309 e. The monoisotopic (exact) mass is 250 g/mol. The van der Waals surface area contributed by atoms with E-state index in [1.165, 1.54) is 5.56 Å². The van der Waals surface area contributed by atoms with E-state index in [2.05, 4.69) is 6.07 Å². The number of carboxylic acids is 1. The predicted octanol–water partition coefficient (Wildman–Crippen LogP) is 3.49. The van der Waals surface area contributed by atoms with Crippen LogP contribution in [-0.2, 0) is 4.79 Å². The Morgan fingerprint density at radius 1 is 1.22 bits per heavy atom. The highest BCUT2D eigenvalue weighted by Gasteiger charge is 2.26. The summed E-state index contributed by atoms with van der Waals surface area (Å²) in [6.45, 7) is 9.93. The summed E-state index contributed by atoms with van der Waals surface area (Å²) in [5.41, 5.74) is 2.66. The van der Waals surface area contributed by atoms with Crippen molar-refractivity contribution in [3.8, 4) is 5.75 Å². The summed E-state index contributed by atoms with van der Waals surface area (Å²) in [5.74, 6) is 0.0972. The van der Waals surface area contributed by atoms with Gasteiger partial charge in [-0.15, -0.1) is 0 Å². The average molecular weight is 250 g/mol. The molecular formula is C15H22O3. The zero-order valence-corrected chi connectivity index (χ0v) is 11.8. The number of ether oxygens (including phenoxy) is 1. The van der Waals surface area contributed by atoms with Crippen LogP contribution in [0, 0.1) is 26.2 Å². The maximum atomic E-state index is 11.0. The lowest BCUT2D eigenvalue weighted by Gasteiger charge is -2.20. The maximum absolute atomic E-state index is 11.0. The first kappa shape index (κ1) is 14.6. The Labute approximate surface area is 109 Å². The third-order valence-corrected chi connectivity index (χ3v) is 3.43. The van der Waals surface area contributed by atoms with Crippen molar-refractivity contribution in [2.75, 3.05) is 6.61 Å². The van der Waals surface area contributed by atoms with Gasteiger partial charge in [0, 0.05) is 0 Å². The van der Waals surface area contributed by atoms with Gasteiger partial charge in [-0.05, 0) is 57.7 Å². The summed E-state index contributed by atoms with van der Waals surface area (Å²) < 4.78 is 5.77. The van der Waals surface area contributed by atoms with E-state index in [1.54, 1.807) is 13.8 Å². The lowest BCUT2D eigenvalue weighted by atomic mass is 9.90. The molecular weight excluding hydrogens is 228 g/mol. The molecule has 1 rings (SSSR count). The van der Waals surface area contributed by atoms with Crippen molar-refractivity contribution < 1.29 is 14.6 Å². The highest BCUT2D eigenvalue weighted by atomic mass is 16.5. The van der Waals surface area contributed by atoms with Gasteiger partial charge in [0.2, 0.25) is 0 Å². The molecule has 0 unspecified atom stereocenters. The highest BCUT2D eigenvalue weighted by Crippen LogP contribution is 2.27. The zero-order chi connectivity index (χ0) is 13.9. The van der Waals surface area contributed by atoms with Crippen LogP contribution in [-0.4, -0.2) is 17.7 Å². The van der Waals surface area contributed by atoms with Gasteiger partial charge in [0.05, 0.1) is 12.0 Å². The van der Waals surface area contributed by atoms with Crippen molar-refractivity contribution in [2.45, 2.75) is 41.0 Å². The Morgan fingerprint density at radius 2 is 1.78 bits per heavy atom. The number of carboxylic acid groups (broad SMARTS) is 1. The standard InChI is InChI=1S/C15H22O3/c1-10-6-7-11(2)13(12(10)3)18-9-8-15(4,5)14(16)17/h6-7H,8-9H2,1-5H3,(H,16,17). The molecule has 0 aliphatic rings. The first-order valence-corrected chi connectivity index (χ1v) is 6.18. The second-order valence-corrected chi connectivity index (χ2v) is 5.44. The van der Waals surface area contributed by atoms with Crippen LogP contribution in [0.2, 0.25) is 0 Å². The lowest BCUT2D eigenvalue weighted by molar-refractivity contribution is -0.147. The minimum Gasteiger partial charge on any atom is -0.493 e. The molecule has 0 aliphatic heterocycles. The van der Waals surface area contributed by atoms with Gasteiger partial charge in [0.1, 0.15) is 5.75 Å². The van der Waals surface area contributed by atoms with Crippen molar-refractivity contribution in [1.82, 2.24) is 0 Å². The molecule has 0 amide bonds. The van der Waals surface area contributed by atoms with Gasteiger partial charge < -0.3 is 9.84 Å². The molecule has 0 saturated carbocycles. The van der Waals surface area contributed by atoms with Crippen LogP contribution in [0.4, 0.5) is 0 Å². The Kier molecular flexibility index (Phi) is 4.38. The first-order valence-electron chi connectivity index (χ1n) is 6.18. The van der Waals surface area contributed by atoms with Crippen LogP contribution in [0.15, 0.2) is 12.1 Å². The molecule has 0 fully saturated rings. The highest BCUT2D eigenvalue weighted by molar-refractivity contribution is 5.73. The Balaban J connectivity index is 2.71. The summed E-state index contributed by atoms with van der Waals surface area (Å²) in [6, 6.07) is 4.10. The topological polar surface area (TPSA) is 46.5 Å². The summed E-state index contributed by atoms with van der Waals surface area (Å²) in [6.07, 6.45) is 0.495. The molecule has 0 aromatic heterocycles. The fraction of sp³-hybridized carbons (Fsp3) is 0.533. The number of rotatable bonds is 5. The largest absolute Gasteiger partial charge is 0.493 e. The summed E-state index contributed by atoms with van der Waals surface area (Å²) in [5, 5.41) is 9.04. The minimum atomic E-state index is -0.788. The van der Waals surface area contributed by atoms with Crippen LogP contribution >= 0.6 is 0 Å². The third kappa shape index (κ3) is 3.25. The quantitative estimate of drug-likeness (QED) is 0.870. The summed E-state index contributed by atoms with van der Waals surface area (Å²) in [4.78, 5) is 11.0. The Morgan fingerprint density at radius 3 is 2.33 bits per heavy atom. The number of hydrogen-bond donors (Lipinski definition) is 1. The molecule has 100 valence electrons. The van der Waals surface area contributed by atoms with Gasteiger partial charge in [-0.25, -0.2) is 0 Å². The van der Waals surface area contributed by atoms with Crippen LogP contribution in [0.5, 0.6) is 5.75 Å². The van der Waals surface area contributed by atoms with Gasteiger partial charge in [-0.1, -0.05) is 12.1 Å². The van der Waals surface area contributed by atoms with Gasteiger partial charge in [0.15, 0.2) is 0 Å². The first-order chi connectivity index (χ1) is 8.25. The van der Waals surface area contributed by atoms with Crippen molar-refractivity contribution in [1.29, 1.82) is 0 Å². The summed E-state index contributed by atoms with van der Waals surface area (Å²) >= 11 is 0. The number of carbonyl (C=O) groups is 1. The third-order valence-electron chi connectivity index (χ3n) is 3.43. The average Bonchev–Trinajstić information content (AvgIpc) is 2.28. The van der Waals surface area contributed by atoms with Crippen LogP contribution in [0.25, 0.3) is 0 Å². The van der Waals surface area contributed by atoms with E-state index in [0.717, 1.165) is 16.9 Å². The van der Waals surface area contributed by atoms with Gasteiger partial charge in [-0.2, -0.15) is 0 Å². The number of aliphatic carboxylic acids is 1. The number of aryl methyl sites for hydroxylation is 2. The molecule has 0 bridgehead atoms. The van der Waals surface area contributed by atoms with E-state index in [4.69, 9.17) is 9.84 Å². The van der Waals surface area contributed by atoms with Crippen molar-refractivity contribution in [3.63, 3.8) is 0 Å². The van der Waals surface area contributed by atoms with E-state index in [0.29, 0.717) is 13.0 Å². The van der Waals surface area contributed by atoms with Gasteiger partial charge in [0.25, 0.3) is 0 Å². The van der Waals surface area contributed by atoms with Crippen LogP contribution < -0.4 is 4.74 Å². The van der Waals surface area contributed by atoms with E-state index >= 15 is 0 Å². The molecule has 1 aromatic rings. The second kappa shape index (κ2) is 5.42. The fourth-order valence-electron chi connectivity index (χ4n) is 1.66. The van der Waals surface area contributed by atoms with Crippen LogP contribution in [0.1, 0.15) is 37.0 Å². The van der Waals surface area contributed by atoms with E-state index < -0.39 is 11.4 Å². The summed E-state index contributed by atoms with van der Waals surface area (Å²) in [7, 11) is 0. The number of benzene rings is 1. The van der Waals surface area contributed by atoms with E-state index in [-0.39, 0.29) is 0 Å². The van der Waals surface area contributed by atoms with Gasteiger partial charge >= 0.3 is 5.97 Å². The zero-order valence-electron chi connectivity index (χ0n) is 11.8. The van der Waals surface area contributed by atoms with Crippen molar-refractivity contribution in [3.05, 3.63) is 28.8 Å². The molecule has 0 saturated heterocycles. The van der Waals surface area contributed by atoms with E-state index in [9.17, 15) is 4.79 Å². The van der Waals surface area contributed by atoms with Crippen molar-refractivity contribution >= 4 is 5.97 Å². The molecule has 0 spiro atoms. The molecule has 3 nitrogen and oxygen atoms in total. The predicted molar refractivity (Wildman–Crippen MR) is 72.2 cm³/mol. The lowest BCUT2D eigenvalue weighted by Crippen LogP contribution is -2.26. The molecule has 0 radical (unpaired) electrons. The number of hydrogen-bond acceptors (Lipinski definition) is 2.